The number of ketones is 1. The number of hydrazone groups is 1. The fourth-order valence-corrected chi connectivity index (χ4v) is 1.92. The molecule has 7 heteroatoms. The molecule has 0 aliphatic carbocycles. The molecular weight excluding hydrogens is 328 g/mol. The van der Waals surface area contributed by atoms with Gasteiger partial charge in [-0.1, -0.05) is 6.07 Å². The van der Waals surface area contributed by atoms with Crippen LogP contribution in [0, 0.1) is 0 Å². The molecule has 0 bridgehead atoms. The van der Waals surface area contributed by atoms with E-state index in [0.717, 1.165) is 4.47 Å². The van der Waals surface area contributed by atoms with Gasteiger partial charge in [-0.2, -0.15) is 5.10 Å². The third-order valence-corrected chi connectivity index (χ3v) is 2.89. The molecule has 1 aromatic rings. The summed E-state index contributed by atoms with van der Waals surface area (Å²) >= 11 is 3.33. The van der Waals surface area contributed by atoms with Gasteiger partial charge < -0.3 is 9.47 Å². The van der Waals surface area contributed by atoms with Crippen LogP contribution in [0.15, 0.2) is 27.8 Å². The molecule has 0 fully saturated rings. The number of carbonyl (C=O) groups excluding carboxylic acids is 2. The predicted molar refractivity (Wildman–Crippen MR) is 79.1 cm³/mol. The van der Waals surface area contributed by atoms with Crippen LogP contribution in [0.5, 0.6) is 5.75 Å². The maximum Gasteiger partial charge on any atom is 0.362 e. The van der Waals surface area contributed by atoms with Crippen molar-refractivity contribution < 1.29 is 19.1 Å². The Labute approximate surface area is 125 Å². The number of nitrogens with zero attached hydrogens (tertiary/aromatic N) is 1. The zero-order valence-corrected chi connectivity index (χ0v) is 13.0. The van der Waals surface area contributed by atoms with Gasteiger partial charge in [-0.05, 0) is 35.0 Å². The van der Waals surface area contributed by atoms with Gasteiger partial charge in [-0.25, -0.2) is 4.79 Å². The van der Waals surface area contributed by atoms with Crippen LogP contribution in [0.4, 0.5) is 5.69 Å². The molecule has 0 radical (unpaired) electrons. The van der Waals surface area contributed by atoms with E-state index in [1.807, 2.05) is 0 Å². The van der Waals surface area contributed by atoms with Crippen LogP contribution in [0.2, 0.25) is 0 Å². The predicted octanol–water partition coefficient (Wildman–Crippen LogP) is 2.38. The Morgan fingerprint density at radius 2 is 2.10 bits per heavy atom. The van der Waals surface area contributed by atoms with Gasteiger partial charge in [0, 0.05) is 6.92 Å². The van der Waals surface area contributed by atoms with Crippen molar-refractivity contribution in [2.24, 2.45) is 5.10 Å². The molecule has 0 atom stereocenters. The monoisotopic (exact) mass is 342 g/mol. The van der Waals surface area contributed by atoms with Crippen molar-refractivity contribution in [1.29, 1.82) is 0 Å². The molecule has 6 nitrogen and oxygen atoms in total. The topological polar surface area (TPSA) is 77.0 Å². The molecule has 0 amide bonds. The Kier molecular flexibility index (Phi) is 6.17. The summed E-state index contributed by atoms with van der Waals surface area (Å²) in [5.74, 6) is -0.727. The Balaban J connectivity index is 3.02. The van der Waals surface area contributed by atoms with Crippen LogP contribution >= 0.6 is 15.9 Å². The molecule has 0 unspecified atom stereocenters. The van der Waals surface area contributed by atoms with Crippen molar-refractivity contribution in [2.45, 2.75) is 13.8 Å². The minimum atomic E-state index is -0.763. The van der Waals surface area contributed by atoms with E-state index >= 15 is 0 Å². The molecule has 0 saturated carbocycles. The number of halogens is 1. The normalized spacial score (nSPS) is 10.9. The van der Waals surface area contributed by atoms with E-state index in [9.17, 15) is 9.59 Å². The van der Waals surface area contributed by atoms with E-state index in [1.165, 1.54) is 14.0 Å². The van der Waals surface area contributed by atoms with Crippen molar-refractivity contribution in [2.75, 3.05) is 19.1 Å². The summed E-state index contributed by atoms with van der Waals surface area (Å²) in [5, 5.41) is 3.80. The van der Waals surface area contributed by atoms with Gasteiger partial charge in [0.2, 0.25) is 5.71 Å². The Hall–Kier alpha value is -1.89. The summed E-state index contributed by atoms with van der Waals surface area (Å²) < 4.78 is 10.7. The molecule has 1 rings (SSSR count). The van der Waals surface area contributed by atoms with Gasteiger partial charge in [-0.15, -0.1) is 0 Å². The largest absolute Gasteiger partial charge is 0.493 e. The van der Waals surface area contributed by atoms with Crippen LogP contribution in [0.1, 0.15) is 13.8 Å². The van der Waals surface area contributed by atoms with E-state index in [-0.39, 0.29) is 12.3 Å². The highest BCUT2D eigenvalue weighted by Crippen LogP contribution is 2.32. The maximum atomic E-state index is 11.6. The molecule has 0 heterocycles. The number of hydrogen-bond donors (Lipinski definition) is 1. The highest BCUT2D eigenvalue weighted by Gasteiger charge is 2.18. The second-order valence-electron chi connectivity index (χ2n) is 3.67. The fraction of sp³-hybridized carbons (Fsp3) is 0.308. The number of rotatable bonds is 6. The number of para-hydroxylation sites is 1. The second-order valence-corrected chi connectivity index (χ2v) is 4.52. The van der Waals surface area contributed by atoms with Crippen LogP contribution in [0.25, 0.3) is 0 Å². The Morgan fingerprint density at radius 3 is 2.65 bits per heavy atom. The SMILES string of the molecule is CCOC(=O)/C(=N\Nc1cccc(Br)c1OC)C(C)=O. The average molecular weight is 343 g/mol. The summed E-state index contributed by atoms with van der Waals surface area (Å²) in [6, 6.07) is 5.27. The number of Topliss-reactive ketones (excluding diaryl/α,β-unsaturated/α-hetero) is 1. The Bertz CT molecular complexity index is 543. The highest BCUT2D eigenvalue weighted by molar-refractivity contribution is 9.10. The van der Waals surface area contributed by atoms with Gasteiger partial charge in [0.05, 0.1) is 23.9 Å². The van der Waals surface area contributed by atoms with Crippen LogP contribution in [-0.2, 0) is 14.3 Å². The molecule has 0 aliphatic heterocycles. The first-order valence-electron chi connectivity index (χ1n) is 5.85. The average Bonchev–Trinajstić information content (AvgIpc) is 2.39. The molecule has 1 aromatic carbocycles. The maximum absolute atomic E-state index is 11.6. The van der Waals surface area contributed by atoms with E-state index in [4.69, 9.17) is 9.47 Å². The molecule has 108 valence electrons. The molecule has 0 aromatic heterocycles. The van der Waals surface area contributed by atoms with Crippen molar-refractivity contribution in [3.63, 3.8) is 0 Å². The third kappa shape index (κ3) is 4.06. The summed E-state index contributed by atoms with van der Waals surface area (Å²) in [4.78, 5) is 23.0. The van der Waals surface area contributed by atoms with Crippen LogP contribution in [0.3, 0.4) is 0 Å². The summed E-state index contributed by atoms with van der Waals surface area (Å²) in [5.41, 5.74) is 2.86. The quantitative estimate of drug-likeness (QED) is 0.371. The lowest BCUT2D eigenvalue weighted by molar-refractivity contribution is -0.135. The summed E-state index contributed by atoms with van der Waals surface area (Å²) in [7, 11) is 1.51. The van der Waals surface area contributed by atoms with Crippen molar-refractivity contribution >= 4 is 39.1 Å². The summed E-state index contributed by atoms with van der Waals surface area (Å²) in [6.45, 7) is 3.07. The van der Waals surface area contributed by atoms with Gasteiger partial charge in [0.1, 0.15) is 0 Å². The van der Waals surface area contributed by atoms with Gasteiger partial charge >= 0.3 is 5.97 Å². The first kappa shape index (κ1) is 16.2. The lowest BCUT2D eigenvalue weighted by atomic mass is 10.3. The number of benzene rings is 1. The number of esters is 1. The van der Waals surface area contributed by atoms with E-state index < -0.39 is 11.8 Å². The van der Waals surface area contributed by atoms with Crippen molar-refractivity contribution in [1.82, 2.24) is 0 Å². The van der Waals surface area contributed by atoms with E-state index in [2.05, 4.69) is 26.5 Å². The first-order chi connectivity index (χ1) is 9.51. The molecule has 0 saturated heterocycles. The van der Waals surface area contributed by atoms with Gasteiger partial charge in [0.15, 0.2) is 11.5 Å². The molecular formula is C13H15BrN2O4. The third-order valence-electron chi connectivity index (χ3n) is 2.26. The minimum Gasteiger partial charge on any atom is -0.493 e. The van der Waals surface area contributed by atoms with Gasteiger partial charge in [-0.3, -0.25) is 10.2 Å². The van der Waals surface area contributed by atoms with Crippen molar-refractivity contribution in [3.8, 4) is 5.75 Å². The standard InChI is InChI=1S/C13H15BrN2O4/c1-4-20-13(18)11(8(2)17)16-15-10-7-5-6-9(14)12(10)19-3/h5-7,15H,4H2,1-3H3/b16-11-. The number of carbonyl (C=O) groups is 2. The highest BCUT2D eigenvalue weighted by atomic mass is 79.9. The zero-order chi connectivity index (χ0) is 15.1. The minimum absolute atomic E-state index is 0.172. The van der Waals surface area contributed by atoms with Crippen molar-refractivity contribution in [3.05, 3.63) is 22.7 Å². The number of anilines is 1. The number of nitrogens with one attached hydrogen (secondary N) is 1. The zero-order valence-electron chi connectivity index (χ0n) is 11.4. The molecule has 0 spiro atoms. The molecule has 0 aliphatic rings. The lowest BCUT2D eigenvalue weighted by Crippen LogP contribution is -2.25. The Morgan fingerprint density at radius 1 is 1.40 bits per heavy atom. The number of hydrogen-bond acceptors (Lipinski definition) is 6. The fourth-order valence-electron chi connectivity index (χ4n) is 1.39. The van der Waals surface area contributed by atoms with E-state index in [1.54, 1.807) is 25.1 Å². The smallest absolute Gasteiger partial charge is 0.362 e. The molecule has 20 heavy (non-hydrogen) atoms. The second kappa shape index (κ2) is 7.64. The summed E-state index contributed by atoms with van der Waals surface area (Å²) in [6.07, 6.45) is 0. The first-order valence-corrected chi connectivity index (χ1v) is 6.64. The van der Waals surface area contributed by atoms with Crippen LogP contribution < -0.4 is 10.2 Å². The van der Waals surface area contributed by atoms with Crippen LogP contribution in [-0.4, -0.2) is 31.2 Å². The van der Waals surface area contributed by atoms with E-state index in [0.29, 0.717) is 11.4 Å². The van der Waals surface area contributed by atoms with Gasteiger partial charge in [0.25, 0.3) is 0 Å². The number of methoxy groups -OCH3 is 1. The lowest BCUT2D eigenvalue weighted by Gasteiger charge is -2.10. The number of ether oxygens (including phenoxy) is 2. The molecule has 1 N–H and O–H groups in total.